The molecule has 6 nitrogen and oxygen atoms in total. The lowest BCUT2D eigenvalue weighted by Crippen LogP contribution is -2.47. The van der Waals surface area contributed by atoms with E-state index in [0.717, 1.165) is 23.6 Å². The molecule has 1 amide bonds. The van der Waals surface area contributed by atoms with Gasteiger partial charge in [0.1, 0.15) is 12.0 Å². The van der Waals surface area contributed by atoms with E-state index in [4.69, 9.17) is 9.15 Å². The van der Waals surface area contributed by atoms with Gasteiger partial charge in [0.2, 0.25) is 11.8 Å². The molecule has 110 valence electrons. The summed E-state index contributed by atoms with van der Waals surface area (Å²) in [7, 11) is 1.63. The first-order valence-corrected chi connectivity index (χ1v) is 6.82. The number of nitrogens with one attached hydrogen (secondary N) is 1. The molecule has 6 heteroatoms. The summed E-state index contributed by atoms with van der Waals surface area (Å²) in [6.07, 6.45) is 1.64. The average molecular weight is 287 g/mol. The van der Waals surface area contributed by atoms with Crippen LogP contribution in [0.15, 0.2) is 34.9 Å². The summed E-state index contributed by atoms with van der Waals surface area (Å²) >= 11 is 0. The number of carbonyl (C=O) groups excluding carboxylic acids is 1. The molecule has 1 N–H and O–H groups in total. The van der Waals surface area contributed by atoms with Crippen LogP contribution in [0.25, 0.3) is 11.5 Å². The molecule has 1 aromatic carbocycles. The third-order valence-electron chi connectivity index (χ3n) is 3.39. The average Bonchev–Trinajstić information content (AvgIpc) is 2.96. The van der Waals surface area contributed by atoms with Crippen LogP contribution in [0.2, 0.25) is 0 Å². The Balaban J connectivity index is 1.69. The smallest absolute Gasteiger partial charge is 0.234 e. The lowest BCUT2D eigenvalue weighted by molar-refractivity contribution is -0.124. The first kappa shape index (κ1) is 13.6. The number of carbonyl (C=O) groups is 1. The van der Waals surface area contributed by atoms with Gasteiger partial charge < -0.3 is 14.5 Å². The maximum absolute atomic E-state index is 11.3. The predicted molar refractivity (Wildman–Crippen MR) is 76.8 cm³/mol. The maximum Gasteiger partial charge on any atom is 0.234 e. The van der Waals surface area contributed by atoms with Crippen molar-refractivity contribution in [2.45, 2.75) is 6.54 Å². The SMILES string of the molecule is COc1ccc(-c2nc(CN3CCNC(=O)C3)co2)cc1. The quantitative estimate of drug-likeness (QED) is 0.917. The Hall–Kier alpha value is -2.34. The predicted octanol–water partition coefficient (Wildman–Crippen LogP) is 1.28. The lowest BCUT2D eigenvalue weighted by atomic mass is 10.2. The van der Waals surface area contributed by atoms with E-state index in [2.05, 4.69) is 15.2 Å². The first-order chi connectivity index (χ1) is 10.2. The highest BCUT2D eigenvalue weighted by molar-refractivity contribution is 5.78. The van der Waals surface area contributed by atoms with E-state index in [1.165, 1.54) is 0 Å². The summed E-state index contributed by atoms with van der Waals surface area (Å²) in [5.74, 6) is 1.43. The van der Waals surface area contributed by atoms with Crippen molar-refractivity contribution in [2.75, 3.05) is 26.7 Å². The largest absolute Gasteiger partial charge is 0.497 e. The number of methoxy groups -OCH3 is 1. The van der Waals surface area contributed by atoms with Crippen molar-refractivity contribution in [3.05, 3.63) is 36.2 Å². The Morgan fingerprint density at radius 2 is 2.19 bits per heavy atom. The molecule has 0 unspecified atom stereocenters. The van der Waals surface area contributed by atoms with Crippen LogP contribution in [-0.4, -0.2) is 42.5 Å². The standard InChI is InChI=1S/C15H17N3O3/c1-20-13-4-2-11(3-5-13)15-17-12(10-21-15)8-18-7-6-16-14(19)9-18/h2-5,10H,6-9H2,1H3,(H,16,19). The first-order valence-electron chi connectivity index (χ1n) is 6.82. The van der Waals surface area contributed by atoms with E-state index in [1.54, 1.807) is 13.4 Å². The molecule has 1 aromatic heterocycles. The topological polar surface area (TPSA) is 67.6 Å². The summed E-state index contributed by atoms with van der Waals surface area (Å²) in [4.78, 5) is 17.9. The van der Waals surface area contributed by atoms with Gasteiger partial charge in [0.15, 0.2) is 0 Å². The van der Waals surface area contributed by atoms with Gasteiger partial charge in [-0.2, -0.15) is 0 Å². The Bertz CT molecular complexity index is 621. The fourth-order valence-corrected chi connectivity index (χ4v) is 2.30. The van der Waals surface area contributed by atoms with Crippen molar-refractivity contribution in [3.63, 3.8) is 0 Å². The highest BCUT2D eigenvalue weighted by Crippen LogP contribution is 2.22. The number of ether oxygens (including phenoxy) is 1. The molecule has 1 fully saturated rings. The fourth-order valence-electron chi connectivity index (χ4n) is 2.30. The van der Waals surface area contributed by atoms with Gasteiger partial charge in [-0.3, -0.25) is 9.69 Å². The van der Waals surface area contributed by atoms with E-state index >= 15 is 0 Å². The summed E-state index contributed by atoms with van der Waals surface area (Å²) in [6.45, 7) is 2.54. The normalized spacial score (nSPS) is 15.8. The van der Waals surface area contributed by atoms with Crippen LogP contribution in [-0.2, 0) is 11.3 Å². The van der Waals surface area contributed by atoms with E-state index in [0.29, 0.717) is 25.5 Å². The minimum Gasteiger partial charge on any atom is -0.497 e. The number of piperazine rings is 1. The molecular formula is C15H17N3O3. The van der Waals surface area contributed by atoms with Gasteiger partial charge >= 0.3 is 0 Å². The Labute approximate surface area is 122 Å². The third-order valence-corrected chi connectivity index (χ3v) is 3.39. The van der Waals surface area contributed by atoms with Gasteiger partial charge in [0, 0.05) is 25.2 Å². The zero-order chi connectivity index (χ0) is 14.7. The number of oxazole rings is 1. The summed E-state index contributed by atoms with van der Waals surface area (Å²) in [5, 5.41) is 2.80. The summed E-state index contributed by atoms with van der Waals surface area (Å²) in [5.41, 5.74) is 1.73. The highest BCUT2D eigenvalue weighted by atomic mass is 16.5. The van der Waals surface area contributed by atoms with Gasteiger partial charge in [0.25, 0.3) is 0 Å². The van der Waals surface area contributed by atoms with Crippen LogP contribution in [0.1, 0.15) is 5.69 Å². The zero-order valence-corrected chi connectivity index (χ0v) is 11.8. The van der Waals surface area contributed by atoms with Gasteiger partial charge in [-0.1, -0.05) is 0 Å². The van der Waals surface area contributed by atoms with Crippen LogP contribution in [0, 0.1) is 0 Å². The molecule has 0 spiro atoms. The van der Waals surface area contributed by atoms with E-state index in [1.807, 2.05) is 24.3 Å². The van der Waals surface area contributed by atoms with Crippen molar-refractivity contribution >= 4 is 5.91 Å². The molecule has 0 aliphatic carbocycles. The molecule has 2 heterocycles. The summed E-state index contributed by atoms with van der Waals surface area (Å²) < 4.78 is 10.6. The van der Waals surface area contributed by atoms with E-state index in [9.17, 15) is 4.79 Å². The minimum absolute atomic E-state index is 0.0557. The Kier molecular flexibility index (Phi) is 3.87. The molecule has 0 radical (unpaired) electrons. The van der Waals surface area contributed by atoms with Crippen LogP contribution < -0.4 is 10.1 Å². The fraction of sp³-hybridized carbons (Fsp3) is 0.333. The van der Waals surface area contributed by atoms with Crippen molar-refractivity contribution in [2.24, 2.45) is 0 Å². The van der Waals surface area contributed by atoms with Gasteiger partial charge in [0.05, 0.1) is 19.3 Å². The molecule has 0 atom stereocenters. The molecule has 21 heavy (non-hydrogen) atoms. The second-order valence-electron chi connectivity index (χ2n) is 4.93. The molecule has 1 aliphatic rings. The molecule has 0 bridgehead atoms. The second kappa shape index (κ2) is 5.97. The van der Waals surface area contributed by atoms with Crippen molar-refractivity contribution in [1.29, 1.82) is 0 Å². The van der Waals surface area contributed by atoms with Gasteiger partial charge in [-0.05, 0) is 24.3 Å². The van der Waals surface area contributed by atoms with Crippen LogP contribution in [0.4, 0.5) is 0 Å². The maximum atomic E-state index is 11.3. The minimum atomic E-state index is 0.0557. The number of aromatic nitrogens is 1. The molecule has 1 saturated heterocycles. The lowest BCUT2D eigenvalue weighted by Gasteiger charge is -2.25. The third kappa shape index (κ3) is 3.22. The number of nitrogens with zero attached hydrogens (tertiary/aromatic N) is 2. The number of hydrogen-bond acceptors (Lipinski definition) is 5. The zero-order valence-electron chi connectivity index (χ0n) is 11.8. The van der Waals surface area contributed by atoms with Gasteiger partial charge in [-0.25, -0.2) is 4.98 Å². The molecule has 3 rings (SSSR count). The number of benzene rings is 1. The van der Waals surface area contributed by atoms with Crippen molar-refractivity contribution in [3.8, 4) is 17.2 Å². The monoisotopic (exact) mass is 287 g/mol. The summed E-state index contributed by atoms with van der Waals surface area (Å²) in [6, 6.07) is 7.55. The van der Waals surface area contributed by atoms with E-state index in [-0.39, 0.29) is 5.91 Å². The highest BCUT2D eigenvalue weighted by Gasteiger charge is 2.17. The second-order valence-corrected chi connectivity index (χ2v) is 4.93. The van der Waals surface area contributed by atoms with E-state index < -0.39 is 0 Å². The van der Waals surface area contributed by atoms with Crippen LogP contribution >= 0.6 is 0 Å². The molecule has 0 saturated carbocycles. The Morgan fingerprint density at radius 1 is 1.38 bits per heavy atom. The Morgan fingerprint density at radius 3 is 2.90 bits per heavy atom. The van der Waals surface area contributed by atoms with Crippen LogP contribution in [0.5, 0.6) is 5.75 Å². The number of hydrogen-bond donors (Lipinski definition) is 1. The van der Waals surface area contributed by atoms with Crippen molar-refractivity contribution < 1.29 is 13.9 Å². The van der Waals surface area contributed by atoms with Crippen LogP contribution in [0.3, 0.4) is 0 Å². The van der Waals surface area contributed by atoms with Gasteiger partial charge in [-0.15, -0.1) is 0 Å². The van der Waals surface area contributed by atoms with Crippen molar-refractivity contribution in [1.82, 2.24) is 15.2 Å². The molecule has 1 aliphatic heterocycles. The molecular weight excluding hydrogens is 270 g/mol. The number of amides is 1. The molecule has 2 aromatic rings. The number of rotatable bonds is 4.